The molecule has 4 rings (SSSR count). The SMILES string of the molecule is Cc1ccc(C(=O)Nc2cc(C(F)(F)F)c(-c3cc(O)c(NC(=O)c4ccc(C)c(C)c4)cc3C(F)(F)F)cc2O)cc1C. The first-order chi connectivity index (χ1) is 20.4. The molecule has 4 aromatic carbocycles. The van der Waals surface area contributed by atoms with Crippen molar-refractivity contribution in [1.29, 1.82) is 0 Å². The van der Waals surface area contributed by atoms with Gasteiger partial charge in [-0.2, -0.15) is 26.3 Å². The average molecular weight is 617 g/mol. The van der Waals surface area contributed by atoms with Crippen molar-refractivity contribution >= 4 is 23.2 Å². The molecular formula is C32H26F6N2O4. The maximum Gasteiger partial charge on any atom is 0.417 e. The molecule has 0 aliphatic carbocycles. The van der Waals surface area contributed by atoms with Gasteiger partial charge in [0.15, 0.2) is 0 Å². The van der Waals surface area contributed by atoms with Crippen molar-refractivity contribution in [2.75, 3.05) is 10.6 Å². The minimum Gasteiger partial charge on any atom is -0.506 e. The van der Waals surface area contributed by atoms with Crippen LogP contribution in [0.2, 0.25) is 0 Å². The summed E-state index contributed by atoms with van der Waals surface area (Å²) in [4.78, 5) is 25.4. The summed E-state index contributed by atoms with van der Waals surface area (Å²) in [6.45, 7) is 7.01. The zero-order valence-corrected chi connectivity index (χ0v) is 23.8. The van der Waals surface area contributed by atoms with Gasteiger partial charge in [0.1, 0.15) is 11.5 Å². The van der Waals surface area contributed by atoms with E-state index in [1.807, 2.05) is 0 Å². The molecule has 6 nitrogen and oxygen atoms in total. The number of nitrogens with one attached hydrogen (secondary N) is 2. The van der Waals surface area contributed by atoms with Gasteiger partial charge in [-0.15, -0.1) is 0 Å². The molecule has 4 aromatic rings. The summed E-state index contributed by atoms with van der Waals surface area (Å²) in [5.74, 6) is -3.63. The van der Waals surface area contributed by atoms with Crippen LogP contribution < -0.4 is 10.6 Å². The number of aryl methyl sites for hydroxylation is 4. The fourth-order valence-corrected chi connectivity index (χ4v) is 4.45. The van der Waals surface area contributed by atoms with Crippen LogP contribution in [0.15, 0.2) is 60.7 Å². The number of hydrogen-bond donors (Lipinski definition) is 4. The van der Waals surface area contributed by atoms with E-state index in [4.69, 9.17) is 0 Å². The van der Waals surface area contributed by atoms with Gasteiger partial charge in [0.2, 0.25) is 0 Å². The fraction of sp³-hybridized carbons (Fsp3) is 0.188. The van der Waals surface area contributed by atoms with Crippen LogP contribution in [0.5, 0.6) is 11.5 Å². The molecule has 0 atom stereocenters. The summed E-state index contributed by atoms with van der Waals surface area (Å²) in [5, 5.41) is 25.5. The summed E-state index contributed by atoms with van der Waals surface area (Å²) < 4.78 is 85.4. The molecule has 0 radical (unpaired) electrons. The van der Waals surface area contributed by atoms with E-state index in [1.54, 1.807) is 39.8 Å². The number of phenols is 2. The highest BCUT2D eigenvalue weighted by molar-refractivity contribution is 6.06. The van der Waals surface area contributed by atoms with Crippen molar-refractivity contribution in [3.63, 3.8) is 0 Å². The predicted molar refractivity (Wildman–Crippen MR) is 153 cm³/mol. The number of alkyl halides is 6. The average Bonchev–Trinajstić information content (AvgIpc) is 2.92. The monoisotopic (exact) mass is 616 g/mol. The van der Waals surface area contributed by atoms with Gasteiger partial charge in [-0.25, -0.2) is 0 Å². The minimum absolute atomic E-state index is 0.0767. The molecule has 0 saturated heterocycles. The molecule has 230 valence electrons. The summed E-state index contributed by atoms with van der Waals surface area (Å²) in [5.41, 5.74) is -3.56. The fourth-order valence-electron chi connectivity index (χ4n) is 4.45. The van der Waals surface area contributed by atoms with Gasteiger partial charge >= 0.3 is 12.4 Å². The number of carbonyl (C=O) groups excluding carboxylic acids is 2. The molecule has 0 bridgehead atoms. The van der Waals surface area contributed by atoms with Crippen molar-refractivity contribution in [1.82, 2.24) is 0 Å². The Morgan fingerprint density at radius 2 is 0.886 bits per heavy atom. The third-order valence-electron chi connectivity index (χ3n) is 7.21. The van der Waals surface area contributed by atoms with Crippen molar-refractivity contribution in [3.05, 3.63) is 105 Å². The third-order valence-corrected chi connectivity index (χ3v) is 7.21. The normalized spacial score (nSPS) is 11.8. The standard InChI is InChI=1S/C32H26F6N2O4/c1-15-5-7-19(9-17(15)3)29(43)39-25-13-23(31(33,34)35)21(11-27(25)41)22-12-28(42)26(14-24(22)32(36,37)38)40-30(44)20-8-6-16(2)18(4)10-20/h5-14,41-42H,1-4H3,(H,39,43)(H,40,44). The van der Waals surface area contributed by atoms with Gasteiger partial charge < -0.3 is 20.8 Å². The first-order valence-corrected chi connectivity index (χ1v) is 13.0. The van der Waals surface area contributed by atoms with E-state index < -0.39 is 69.3 Å². The molecule has 0 spiro atoms. The molecule has 0 aromatic heterocycles. The zero-order valence-electron chi connectivity index (χ0n) is 23.8. The van der Waals surface area contributed by atoms with E-state index in [0.717, 1.165) is 22.3 Å². The molecule has 0 saturated carbocycles. The molecule has 12 heteroatoms. The number of amides is 2. The zero-order chi connectivity index (χ0) is 32.7. The molecule has 0 aliphatic heterocycles. The number of rotatable bonds is 5. The summed E-state index contributed by atoms with van der Waals surface area (Å²) in [7, 11) is 0. The number of phenolic OH excluding ortho intramolecular Hbond substituents is 2. The number of benzene rings is 4. The summed E-state index contributed by atoms with van der Waals surface area (Å²) in [6, 6.07) is 10.5. The lowest BCUT2D eigenvalue weighted by Gasteiger charge is -2.21. The molecule has 4 N–H and O–H groups in total. The number of aromatic hydroxyl groups is 2. The predicted octanol–water partition coefficient (Wildman–Crippen LogP) is 8.54. The number of carbonyl (C=O) groups is 2. The number of hydrogen-bond acceptors (Lipinski definition) is 4. The van der Waals surface area contributed by atoms with E-state index in [2.05, 4.69) is 10.6 Å². The molecule has 0 heterocycles. The smallest absolute Gasteiger partial charge is 0.417 e. The van der Waals surface area contributed by atoms with Crippen LogP contribution in [-0.2, 0) is 12.4 Å². The summed E-state index contributed by atoms with van der Waals surface area (Å²) >= 11 is 0. The molecule has 0 unspecified atom stereocenters. The minimum atomic E-state index is -5.25. The summed E-state index contributed by atoms with van der Waals surface area (Å²) in [6.07, 6.45) is -10.5. The Hall–Kier alpha value is -5.00. The van der Waals surface area contributed by atoms with E-state index >= 15 is 0 Å². The maximum absolute atomic E-state index is 14.2. The van der Waals surface area contributed by atoms with E-state index in [9.17, 15) is 46.1 Å². The van der Waals surface area contributed by atoms with Crippen LogP contribution in [0.1, 0.15) is 54.1 Å². The molecular weight excluding hydrogens is 590 g/mol. The molecule has 0 fully saturated rings. The van der Waals surface area contributed by atoms with Crippen LogP contribution in [-0.4, -0.2) is 22.0 Å². The second kappa shape index (κ2) is 11.6. The van der Waals surface area contributed by atoms with Gasteiger partial charge in [0.25, 0.3) is 11.8 Å². The van der Waals surface area contributed by atoms with Gasteiger partial charge in [0.05, 0.1) is 22.5 Å². The second-order valence-electron chi connectivity index (χ2n) is 10.3. The Morgan fingerprint density at radius 3 is 1.18 bits per heavy atom. The number of halogens is 6. The Balaban J connectivity index is 1.80. The maximum atomic E-state index is 14.2. The molecule has 44 heavy (non-hydrogen) atoms. The van der Waals surface area contributed by atoms with Crippen LogP contribution in [0.25, 0.3) is 11.1 Å². The van der Waals surface area contributed by atoms with Gasteiger partial charge in [-0.3, -0.25) is 9.59 Å². The van der Waals surface area contributed by atoms with Gasteiger partial charge in [0, 0.05) is 11.1 Å². The quantitative estimate of drug-likeness (QED) is 0.133. The second-order valence-corrected chi connectivity index (χ2v) is 10.3. The van der Waals surface area contributed by atoms with Crippen LogP contribution in [0.3, 0.4) is 0 Å². The first kappa shape index (κ1) is 31.9. The van der Waals surface area contributed by atoms with Crippen molar-refractivity contribution in [3.8, 4) is 22.6 Å². The lowest BCUT2D eigenvalue weighted by Crippen LogP contribution is -2.16. The Kier molecular flexibility index (Phi) is 8.41. The largest absolute Gasteiger partial charge is 0.506 e. The number of anilines is 2. The van der Waals surface area contributed by atoms with Gasteiger partial charge in [-0.1, -0.05) is 12.1 Å². The highest BCUT2D eigenvalue weighted by Gasteiger charge is 2.40. The third kappa shape index (κ3) is 6.64. The lowest BCUT2D eigenvalue weighted by atomic mass is 9.92. The van der Waals surface area contributed by atoms with Crippen LogP contribution in [0.4, 0.5) is 37.7 Å². The first-order valence-electron chi connectivity index (χ1n) is 13.0. The van der Waals surface area contributed by atoms with Crippen molar-refractivity contribution < 1.29 is 46.1 Å². The molecule has 0 aliphatic rings. The van der Waals surface area contributed by atoms with Gasteiger partial charge in [-0.05, 0) is 110 Å². The Labute approximate surface area is 248 Å². The molecule has 2 amide bonds. The lowest BCUT2D eigenvalue weighted by molar-refractivity contribution is -0.139. The Bertz CT molecular complexity index is 1660. The topological polar surface area (TPSA) is 98.7 Å². The van der Waals surface area contributed by atoms with Crippen molar-refractivity contribution in [2.24, 2.45) is 0 Å². The highest BCUT2D eigenvalue weighted by Crippen LogP contribution is 2.48. The van der Waals surface area contributed by atoms with Crippen molar-refractivity contribution in [2.45, 2.75) is 40.0 Å². The van der Waals surface area contributed by atoms with E-state index in [0.29, 0.717) is 24.3 Å². The highest BCUT2D eigenvalue weighted by atomic mass is 19.4. The Morgan fingerprint density at radius 1 is 0.545 bits per heavy atom. The van der Waals surface area contributed by atoms with Crippen LogP contribution >= 0.6 is 0 Å². The van der Waals surface area contributed by atoms with E-state index in [-0.39, 0.29) is 11.1 Å². The van der Waals surface area contributed by atoms with Crippen LogP contribution in [0, 0.1) is 27.7 Å². The van der Waals surface area contributed by atoms with E-state index in [1.165, 1.54) is 24.3 Å².